The number of pyridine rings is 1. The molecule has 0 aliphatic carbocycles. The zero-order chi connectivity index (χ0) is 15.2. The normalized spacial score (nSPS) is 11.7. The van der Waals surface area contributed by atoms with E-state index in [1.54, 1.807) is 43.6 Å². The van der Waals surface area contributed by atoms with E-state index < -0.39 is 4.92 Å². The average molecular weight is 303 g/mol. The summed E-state index contributed by atoms with van der Waals surface area (Å²) in [5.41, 5.74) is 0.0849. The minimum absolute atomic E-state index is 0.119. The SMILES string of the molecule is CC(Sc1ccncc1)C(=O)Nc1ccccc1[N+](=O)[O-]. The third-order valence-corrected chi connectivity index (χ3v) is 3.80. The van der Waals surface area contributed by atoms with Gasteiger partial charge in [-0.05, 0) is 25.1 Å². The predicted molar refractivity (Wildman–Crippen MR) is 81.3 cm³/mol. The van der Waals surface area contributed by atoms with Crippen LogP contribution in [0, 0.1) is 10.1 Å². The molecule has 1 atom stereocenters. The van der Waals surface area contributed by atoms with Gasteiger partial charge in [0.15, 0.2) is 0 Å². The Hall–Kier alpha value is -2.41. The van der Waals surface area contributed by atoms with Crippen LogP contribution in [-0.2, 0) is 4.79 Å². The van der Waals surface area contributed by atoms with Crippen LogP contribution in [-0.4, -0.2) is 21.1 Å². The molecule has 1 aromatic carbocycles. The molecule has 7 heteroatoms. The van der Waals surface area contributed by atoms with Gasteiger partial charge in [0, 0.05) is 23.4 Å². The highest BCUT2D eigenvalue weighted by molar-refractivity contribution is 8.00. The van der Waals surface area contributed by atoms with Gasteiger partial charge in [0.05, 0.1) is 10.2 Å². The molecule has 0 aliphatic rings. The van der Waals surface area contributed by atoms with Gasteiger partial charge in [0.25, 0.3) is 5.69 Å². The molecule has 1 unspecified atom stereocenters. The molecule has 0 fully saturated rings. The second-order valence-electron chi connectivity index (χ2n) is 4.21. The monoisotopic (exact) mass is 303 g/mol. The van der Waals surface area contributed by atoms with E-state index in [1.807, 2.05) is 0 Å². The molecule has 0 radical (unpaired) electrons. The van der Waals surface area contributed by atoms with Crippen molar-refractivity contribution in [2.45, 2.75) is 17.1 Å². The number of thioether (sulfide) groups is 1. The van der Waals surface area contributed by atoms with Gasteiger partial charge in [0.1, 0.15) is 5.69 Å². The second kappa shape index (κ2) is 6.85. The molecule has 2 rings (SSSR count). The topological polar surface area (TPSA) is 85.1 Å². The molecule has 0 saturated carbocycles. The average Bonchev–Trinajstić information content (AvgIpc) is 2.48. The van der Waals surface area contributed by atoms with Gasteiger partial charge in [-0.2, -0.15) is 0 Å². The van der Waals surface area contributed by atoms with Crippen molar-refractivity contribution in [2.24, 2.45) is 0 Å². The van der Waals surface area contributed by atoms with Crippen molar-refractivity contribution in [1.29, 1.82) is 0 Å². The van der Waals surface area contributed by atoms with Crippen molar-refractivity contribution in [3.63, 3.8) is 0 Å². The van der Waals surface area contributed by atoms with Crippen LogP contribution in [0.2, 0.25) is 0 Å². The van der Waals surface area contributed by atoms with Crippen LogP contribution < -0.4 is 5.32 Å². The van der Waals surface area contributed by atoms with Crippen LogP contribution in [0.5, 0.6) is 0 Å². The highest BCUT2D eigenvalue weighted by atomic mass is 32.2. The molecule has 6 nitrogen and oxygen atoms in total. The third-order valence-electron chi connectivity index (χ3n) is 2.69. The van der Waals surface area contributed by atoms with Gasteiger partial charge in [0.2, 0.25) is 5.91 Å². The first-order valence-corrected chi connectivity index (χ1v) is 7.07. The number of nitro groups is 1. The molecular formula is C14H13N3O3S. The predicted octanol–water partition coefficient (Wildman–Crippen LogP) is 3.11. The Morgan fingerprint density at radius 1 is 1.29 bits per heavy atom. The molecule has 1 heterocycles. The van der Waals surface area contributed by atoms with E-state index in [9.17, 15) is 14.9 Å². The Labute approximate surface area is 125 Å². The van der Waals surface area contributed by atoms with Crippen molar-refractivity contribution in [1.82, 2.24) is 4.98 Å². The maximum atomic E-state index is 12.1. The van der Waals surface area contributed by atoms with Crippen LogP contribution in [0.25, 0.3) is 0 Å². The first-order valence-electron chi connectivity index (χ1n) is 6.19. The molecule has 0 spiro atoms. The molecular weight excluding hydrogens is 290 g/mol. The van der Waals surface area contributed by atoms with Crippen molar-refractivity contribution in [2.75, 3.05) is 5.32 Å². The first-order chi connectivity index (χ1) is 10.1. The molecule has 108 valence electrons. The third kappa shape index (κ3) is 4.03. The zero-order valence-electron chi connectivity index (χ0n) is 11.2. The fourth-order valence-corrected chi connectivity index (χ4v) is 2.50. The molecule has 0 saturated heterocycles. The lowest BCUT2D eigenvalue weighted by Gasteiger charge is -2.11. The Morgan fingerprint density at radius 2 is 1.95 bits per heavy atom. The molecule has 0 bridgehead atoms. The summed E-state index contributed by atoms with van der Waals surface area (Å²) in [6.07, 6.45) is 3.30. The number of rotatable bonds is 5. The summed E-state index contributed by atoms with van der Waals surface area (Å²) in [7, 11) is 0. The molecule has 1 N–H and O–H groups in total. The fraction of sp³-hybridized carbons (Fsp3) is 0.143. The van der Waals surface area contributed by atoms with Gasteiger partial charge in [-0.15, -0.1) is 11.8 Å². The number of hydrogen-bond acceptors (Lipinski definition) is 5. The van der Waals surface area contributed by atoms with E-state index in [0.29, 0.717) is 0 Å². The number of nitrogens with one attached hydrogen (secondary N) is 1. The highest BCUT2D eigenvalue weighted by Gasteiger charge is 2.19. The number of carbonyl (C=O) groups excluding carboxylic acids is 1. The quantitative estimate of drug-likeness (QED) is 0.521. The van der Waals surface area contributed by atoms with E-state index in [-0.39, 0.29) is 22.5 Å². The molecule has 1 aromatic heterocycles. The maximum absolute atomic E-state index is 12.1. The number of anilines is 1. The van der Waals surface area contributed by atoms with Gasteiger partial charge >= 0.3 is 0 Å². The van der Waals surface area contributed by atoms with E-state index in [2.05, 4.69) is 10.3 Å². The summed E-state index contributed by atoms with van der Waals surface area (Å²) >= 11 is 1.36. The van der Waals surface area contributed by atoms with Crippen LogP contribution in [0.3, 0.4) is 0 Å². The van der Waals surface area contributed by atoms with Crippen molar-refractivity contribution in [3.05, 3.63) is 58.9 Å². The second-order valence-corrected chi connectivity index (χ2v) is 5.62. The van der Waals surface area contributed by atoms with Crippen LogP contribution in [0.1, 0.15) is 6.92 Å². The van der Waals surface area contributed by atoms with Crippen LogP contribution in [0.15, 0.2) is 53.7 Å². The van der Waals surface area contributed by atoms with Gasteiger partial charge < -0.3 is 5.32 Å². The molecule has 1 amide bonds. The Kier molecular flexibility index (Phi) is 4.89. The Balaban J connectivity index is 2.06. The minimum Gasteiger partial charge on any atom is -0.319 e. The summed E-state index contributed by atoms with van der Waals surface area (Å²) in [4.78, 5) is 27.3. The number of amides is 1. The standard InChI is InChI=1S/C14H13N3O3S/c1-10(21-11-6-8-15-9-7-11)14(18)16-12-4-2-3-5-13(12)17(19)20/h2-10H,1H3,(H,16,18). The van der Waals surface area contributed by atoms with E-state index in [4.69, 9.17) is 0 Å². The van der Waals surface area contributed by atoms with Crippen LogP contribution >= 0.6 is 11.8 Å². The number of carbonyl (C=O) groups is 1. The number of aromatic nitrogens is 1. The van der Waals surface area contributed by atoms with Crippen molar-refractivity contribution >= 4 is 29.0 Å². The summed E-state index contributed by atoms with van der Waals surface area (Å²) in [5.74, 6) is -0.286. The molecule has 21 heavy (non-hydrogen) atoms. The van der Waals surface area contributed by atoms with Gasteiger partial charge in [-0.1, -0.05) is 12.1 Å². The fourth-order valence-electron chi connectivity index (χ4n) is 1.65. The van der Waals surface area contributed by atoms with Gasteiger partial charge in [-0.3, -0.25) is 19.9 Å². The van der Waals surface area contributed by atoms with E-state index in [1.165, 1.54) is 23.9 Å². The van der Waals surface area contributed by atoms with Crippen LogP contribution in [0.4, 0.5) is 11.4 Å². The lowest BCUT2D eigenvalue weighted by Crippen LogP contribution is -2.22. The van der Waals surface area contributed by atoms with Crippen molar-refractivity contribution in [3.8, 4) is 0 Å². The number of para-hydroxylation sites is 2. The highest BCUT2D eigenvalue weighted by Crippen LogP contribution is 2.26. The number of benzene rings is 1. The summed E-state index contributed by atoms with van der Waals surface area (Å²) in [5, 5.41) is 13.1. The number of nitro benzene ring substituents is 1. The Morgan fingerprint density at radius 3 is 2.62 bits per heavy atom. The largest absolute Gasteiger partial charge is 0.319 e. The maximum Gasteiger partial charge on any atom is 0.292 e. The number of nitrogens with zero attached hydrogens (tertiary/aromatic N) is 2. The number of hydrogen-bond donors (Lipinski definition) is 1. The molecule has 0 aliphatic heterocycles. The summed E-state index contributed by atoms with van der Waals surface area (Å²) in [6, 6.07) is 9.68. The van der Waals surface area contributed by atoms with Gasteiger partial charge in [-0.25, -0.2) is 0 Å². The van der Waals surface area contributed by atoms with E-state index in [0.717, 1.165) is 4.90 Å². The molecule has 2 aromatic rings. The summed E-state index contributed by atoms with van der Waals surface area (Å²) < 4.78 is 0. The zero-order valence-corrected chi connectivity index (χ0v) is 12.0. The van der Waals surface area contributed by atoms with E-state index >= 15 is 0 Å². The summed E-state index contributed by atoms with van der Waals surface area (Å²) in [6.45, 7) is 1.75. The smallest absolute Gasteiger partial charge is 0.292 e. The lowest BCUT2D eigenvalue weighted by atomic mass is 10.2. The minimum atomic E-state index is -0.518. The lowest BCUT2D eigenvalue weighted by molar-refractivity contribution is -0.383. The Bertz CT molecular complexity index is 649. The van der Waals surface area contributed by atoms with Crippen molar-refractivity contribution < 1.29 is 9.72 Å². The first kappa shape index (κ1) is 15.0.